The minimum Gasteiger partial charge on any atom is -0.475 e. The Balaban J connectivity index is 1.98. The lowest BCUT2D eigenvalue weighted by molar-refractivity contribution is 0.0660. The molecule has 4 heteroatoms. The number of rotatable bonds is 3. The highest BCUT2D eigenvalue weighted by atomic mass is 16.4. The van der Waals surface area contributed by atoms with Gasteiger partial charge in [-0.3, -0.25) is 4.98 Å². The minimum atomic E-state index is -1.05. The van der Waals surface area contributed by atoms with Gasteiger partial charge >= 0.3 is 5.97 Å². The number of fused-ring (bicyclic) bond motifs is 1. The lowest BCUT2D eigenvalue weighted by Crippen LogP contribution is -1.93. The molecule has 19 heavy (non-hydrogen) atoms. The number of pyridine rings is 1. The van der Waals surface area contributed by atoms with E-state index in [2.05, 4.69) is 4.98 Å². The minimum absolute atomic E-state index is 0.0339. The highest BCUT2D eigenvalue weighted by molar-refractivity contribution is 5.84. The van der Waals surface area contributed by atoms with Crippen molar-refractivity contribution in [3.05, 3.63) is 65.7 Å². The normalized spacial score (nSPS) is 10.7. The summed E-state index contributed by atoms with van der Waals surface area (Å²) in [5.74, 6) is -0.451. The molecule has 1 aromatic carbocycles. The van der Waals surface area contributed by atoms with E-state index in [-0.39, 0.29) is 5.76 Å². The molecule has 0 amide bonds. The number of hydrogen-bond donors (Lipinski definition) is 1. The van der Waals surface area contributed by atoms with E-state index >= 15 is 0 Å². The second-order valence-electron chi connectivity index (χ2n) is 4.24. The van der Waals surface area contributed by atoms with Crippen molar-refractivity contribution in [2.45, 2.75) is 6.42 Å². The molecule has 4 nitrogen and oxygen atoms in total. The smallest absolute Gasteiger partial charge is 0.371 e. The Bertz CT molecular complexity index is 740. The first-order valence-electron chi connectivity index (χ1n) is 5.88. The van der Waals surface area contributed by atoms with Crippen LogP contribution in [0.1, 0.15) is 21.9 Å². The maximum absolute atomic E-state index is 10.8. The van der Waals surface area contributed by atoms with Gasteiger partial charge in [-0.1, -0.05) is 18.2 Å². The molecule has 0 fully saturated rings. The highest BCUT2D eigenvalue weighted by Gasteiger charge is 2.10. The molecule has 0 unspecified atom stereocenters. The van der Waals surface area contributed by atoms with Crippen LogP contribution >= 0.6 is 0 Å². The maximum Gasteiger partial charge on any atom is 0.371 e. The molecular weight excluding hydrogens is 242 g/mol. The van der Waals surface area contributed by atoms with Gasteiger partial charge < -0.3 is 9.52 Å². The van der Waals surface area contributed by atoms with Crippen LogP contribution in [0.25, 0.3) is 10.9 Å². The Morgan fingerprint density at radius 3 is 2.79 bits per heavy atom. The van der Waals surface area contributed by atoms with Crippen molar-refractivity contribution >= 4 is 16.9 Å². The molecule has 0 atom stereocenters. The number of benzene rings is 1. The summed E-state index contributed by atoms with van der Waals surface area (Å²) < 4.78 is 5.28. The number of para-hydroxylation sites is 1. The number of carbonyl (C=O) groups is 1. The van der Waals surface area contributed by atoms with Crippen molar-refractivity contribution in [3.8, 4) is 0 Å². The number of carboxylic acid groups (broad SMARTS) is 1. The van der Waals surface area contributed by atoms with Gasteiger partial charge in [0.1, 0.15) is 5.76 Å². The van der Waals surface area contributed by atoms with Gasteiger partial charge in [-0.25, -0.2) is 4.79 Å². The van der Waals surface area contributed by atoms with E-state index in [4.69, 9.17) is 9.52 Å². The van der Waals surface area contributed by atoms with E-state index in [0.717, 1.165) is 16.5 Å². The van der Waals surface area contributed by atoms with Gasteiger partial charge in [0.15, 0.2) is 0 Å². The zero-order chi connectivity index (χ0) is 13.2. The molecule has 2 heterocycles. The fourth-order valence-electron chi connectivity index (χ4n) is 2.08. The van der Waals surface area contributed by atoms with Crippen LogP contribution in [-0.4, -0.2) is 16.1 Å². The quantitative estimate of drug-likeness (QED) is 0.779. The van der Waals surface area contributed by atoms with E-state index in [0.29, 0.717) is 12.2 Å². The van der Waals surface area contributed by atoms with Gasteiger partial charge in [-0.15, -0.1) is 0 Å². The molecule has 3 aromatic rings. The summed E-state index contributed by atoms with van der Waals surface area (Å²) in [5, 5.41) is 9.89. The van der Waals surface area contributed by atoms with Gasteiger partial charge in [0.2, 0.25) is 5.76 Å². The van der Waals surface area contributed by atoms with Crippen LogP contribution in [0.3, 0.4) is 0 Å². The van der Waals surface area contributed by atoms with Crippen molar-refractivity contribution in [3.63, 3.8) is 0 Å². The van der Waals surface area contributed by atoms with Crippen molar-refractivity contribution in [2.75, 3.05) is 0 Å². The molecule has 3 rings (SSSR count). The third-order valence-corrected chi connectivity index (χ3v) is 2.98. The molecule has 0 aliphatic heterocycles. The standard InChI is InChI=1S/C15H11NO3/c17-15(18)14-6-5-11(19-14)9-10-7-8-16-13-4-2-1-3-12(10)13/h1-8H,9H2,(H,17,18). The summed E-state index contributed by atoms with van der Waals surface area (Å²) in [6.07, 6.45) is 2.30. The van der Waals surface area contributed by atoms with E-state index in [1.165, 1.54) is 6.07 Å². The van der Waals surface area contributed by atoms with Crippen molar-refractivity contribution in [1.82, 2.24) is 4.98 Å². The molecule has 0 saturated carbocycles. The zero-order valence-corrected chi connectivity index (χ0v) is 10.0. The predicted molar refractivity (Wildman–Crippen MR) is 70.2 cm³/mol. The first-order chi connectivity index (χ1) is 9.24. The lowest BCUT2D eigenvalue weighted by Gasteiger charge is -2.03. The van der Waals surface area contributed by atoms with Crippen LogP contribution in [0.2, 0.25) is 0 Å². The van der Waals surface area contributed by atoms with Crippen molar-refractivity contribution in [2.24, 2.45) is 0 Å². The van der Waals surface area contributed by atoms with Gasteiger partial charge in [0, 0.05) is 18.0 Å². The monoisotopic (exact) mass is 253 g/mol. The van der Waals surface area contributed by atoms with Crippen LogP contribution in [0.5, 0.6) is 0 Å². The Hall–Kier alpha value is -2.62. The number of aromatic nitrogens is 1. The Morgan fingerprint density at radius 1 is 1.16 bits per heavy atom. The van der Waals surface area contributed by atoms with Gasteiger partial charge in [0.25, 0.3) is 0 Å². The fourth-order valence-corrected chi connectivity index (χ4v) is 2.08. The summed E-state index contributed by atoms with van der Waals surface area (Å²) in [6.45, 7) is 0. The predicted octanol–water partition coefficient (Wildman–Crippen LogP) is 3.12. The number of hydrogen-bond acceptors (Lipinski definition) is 3. The molecule has 0 saturated heterocycles. The molecular formula is C15H11NO3. The van der Waals surface area contributed by atoms with Gasteiger partial charge in [-0.05, 0) is 29.8 Å². The second kappa shape index (κ2) is 4.57. The Labute approximate surface area is 109 Å². The van der Waals surface area contributed by atoms with Crippen molar-refractivity contribution < 1.29 is 14.3 Å². The summed E-state index contributed by atoms with van der Waals surface area (Å²) in [5.41, 5.74) is 1.99. The summed E-state index contributed by atoms with van der Waals surface area (Å²) in [6, 6.07) is 12.9. The van der Waals surface area contributed by atoms with Gasteiger partial charge in [-0.2, -0.15) is 0 Å². The highest BCUT2D eigenvalue weighted by Crippen LogP contribution is 2.20. The molecule has 1 N–H and O–H groups in total. The topological polar surface area (TPSA) is 63.3 Å². The number of carboxylic acids is 1. The number of aromatic carboxylic acids is 1. The second-order valence-corrected chi connectivity index (χ2v) is 4.24. The molecule has 0 radical (unpaired) electrons. The van der Waals surface area contributed by atoms with E-state index < -0.39 is 5.97 Å². The molecule has 94 valence electrons. The van der Waals surface area contributed by atoms with Crippen LogP contribution in [0, 0.1) is 0 Å². The van der Waals surface area contributed by atoms with Crippen LogP contribution in [-0.2, 0) is 6.42 Å². The van der Waals surface area contributed by atoms with Crippen LogP contribution in [0.15, 0.2) is 53.1 Å². The Kier molecular flexibility index (Phi) is 2.76. The largest absolute Gasteiger partial charge is 0.475 e. The van der Waals surface area contributed by atoms with E-state index in [1.807, 2.05) is 30.3 Å². The van der Waals surface area contributed by atoms with Crippen LogP contribution < -0.4 is 0 Å². The van der Waals surface area contributed by atoms with Crippen LogP contribution in [0.4, 0.5) is 0 Å². The van der Waals surface area contributed by atoms with E-state index in [1.54, 1.807) is 12.3 Å². The molecule has 2 aromatic heterocycles. The van der Waals surface area contributed by atoms with E-state index in [9.17, 15) is 4.79 Å². The number of nitrogens with zero attached hydrogens (tertiary/aromatic N) is 1. The third-order valence-electron chi connectivity index (χ3n) is 2.98. The summed E-state index contributed by atoms with van der Waals surface area (Å²) in [7, 11) is 0. The molecule has 0 aliphatic rings. The first kappa shape index (κ1) is 11.5. The summed E-state index contributed by atoms with van der Waals surface area (Å²) >= 11 is 0. The Morgan fingerprint density at radius 2 is 2.00 bits per heavy atom. The number of furan rings is 1. The first-order valence-corrected chi connectivity index (χ1v) is 5.88. The summed E-state index contributed by atoms with van der Waals surface area (Å²) in [4.78, 5) is 15.1. The maximum atomic E-state index is 10.8. The SMILES string of the molecule is O=C(O)c1ccc(Cc2ccnc3ccccc23)o1. The molecule has 0 aliphatic carbocycles. The average Bonchev–Trinajstić information content (AvgIpc) is 2.88. The van der Waals surface area contributed by atoms with Gasteiger partial charge in [0.05, 0.1) is 5.52 Å². The fraction of sp³-hybridized carbons (Fsp3) is 0.0667. The average molecular weight is 253 g/mol. The molecule has 0 spiro atoms. The molecule has 0 bridgehead atoms. The third kappa shape index (κ3) is 2.20. The zero-order valence-electron chi connectivity index (χ0n) is 10.0. The lowest BCUT2D eigenvalue weighted by atomic mass is 10.1. The van der Waals surface area contributed by atoms with Crippen molar-refractivity contribution in [1.29, 1.82) is 0 Å².